The molecule has 0 saturated heterocycles. The van der Waals surface area contributed by atoms with Gasteiger partial charge in [0.05, 0.1) is 12.2 Å². The maximum atomic E-state index is 12.9. The van der Waals surface area contributed by atoms with Crippen molar-refractivity contribution in [2.45, 2.75) is 25.0 Å². The third-order valence-electron chi connectivity index (χ3n) is 7.23. The number of ether oxygens (including phenoxy) is 1. The minimum absolute atomic E-state index is 0.0416. The predicted molar refractivity (Wildman–Crippen MR) is 158 cm³/mol. The third-order valence-corrected chi connectivity index (χ3v) is 7.23. The Morgan fingerprint density at radius 1 is 0.929 bits per heavy atom. The second-order valence-corrected chi connectivity index (χ2v) is 10.3. The Labute approximate surface area is 244 Å². The lowest BCUT2D eigenvalue weighted by molar-refractivity contribution is -0.139. The van der Waals surface area contributed by atoms with Crippen LogP contribution in [0, 0.1) is 0 Å². The van der Waals surface area contributed by atoms with Crippen LogP contribution in [-0.2, 0) is 22.6 Å². The normalized spacial score (nSPS) is 12.7. The van der Waals surface area contributed by atoms with E-state index in [1.165, 1.54) is 18.3 Å². The van der Waals surface area contributed by atoms with Crippen molar-refractivity contribution in [2.75, 3.05) is 20.2 Å². The maximum absolute atomic E-state index is 12.9. The van der Waals surface area contributed by atoms with Gasteiger partial charge < -0.3 is 20.5 Å². The van der Waals surface area contributed by atoms with Gasteiger partial charge in [0.15, 0.2) is 0 Å². The van der Waals surface area contributed by atoms with Crippen LogP contribution in [0.2, 0.25) is 0 Å². The average Bonchev–Trinajstić information content (AvgIpc) is 3.32. The summed E-state index contributed by atoms with van der Waals surface area (Å²) in [5.74, 6) is -1.73. The molecular weight excluding hydrogens is 532 g/mol. The Bertz CT molecular complexity index is 1530. The van der Waals surface area contributed by atoms with Crippen LogP contribution in [0.3, 0.4) is 0 Å². The van der Waals surface area contributed by atoms with Crippen molar-refractivity contribution >= 4 is 18.0 Å². The molecule has 1 unspecified atom stereocenters. The monoisotopic (exact) mass is 564 g/mol. The van der Waals surface area contributed by atoms with E-state index in [0.29, 0.717) is 12.2 Å². The number of carbonyl (C=O) groups is 3. The van der Waals surface area contributed by atoms with Crippen molar-refractivity contribution in [3.8, 4) is 11.1 Å². The summed E-state index contributed by atoms with van der Waals surface area (Å²) in [4.78, 5) is 43.4. The Morgan fingerprint density at radius 3 is 2.24 bits per heavy atom. The van der Waals surface area contributed by atoms with Crippen molar-refractivity contribution in [3.63, 3.8) is 0 Å². The highest BCUT2D eigenvalue weighted by Gasteiger charge is 2.29. The first-order valence-electron chi connectivity index (χ1n) is 13.7. The van der Waals surface area contributed by atoms with Crippen LogP contribution in [0.5, 0.6) is 0 Å². The minimum atomic E-state index is -1.13. The summed E-state index contributed by atoms with van der Waals surface area (Å²) >= 11 is 0. The molecule has 0 saturated carbocycles. The van der Waals surface area contributed by atoms with Crippen LogP contribution < -0.4 is 10.6 Å². The van der Waals surface area contributed by atoms with Crippen molar-refractivity contribution in [1.29, 1.82) is 0 Å². The number of nitrogens with zero attached hydrogens (tertiary/aromatic N) is 2. The molecule has 42 heavy (non-hydrogen) atoms. The number of aliphatic carboxylic acids is 1. The number of carboxylic acids is 1. The van der Waals surface area contributed by atoms with Gasteiger partial charge in [-0.05, 0) is 47.0 Å². The van der Waals surface area contributed by atoms with Gasteiger partial charge in [-0.15, -0.1) is 0 Å². The predicted octanol–water partition coefficient (Wildman–Crippen LogP) is 4.44. The average molecular weight is 565 g/mol. The number of benzene rings is 3. The number of fused-ring (bicyclic) bond motifs is 3. The first kappa shape index (κ1) is 28.5. The standard InChI is InChI=1S/C33H32N4O5/c1-37(19-22-9-3-2-4-10-22)20-30(32(39)40)36-31(38)23-15-16-34-24(17-23)18-35-33(41)42-21-29-27-13-7-5-11-25(27)26-12-6-8-14-28(26)29/h2-17,29-30H,18-21H2,1H3,(H,35,41)(H,36,38)(H,39,40). The molecule has 0 bridgehead atoms. The van der Waals surface area contributed by atoms with Gasteiger partial charge in [0, 0.05) is 30.8 Å². The summed E-state index contributed by atoms with van der Waals surface area (Å²) in [6.07, 6.45) is 0.849. The van der Waals surface area contributed by atoms with Crippen molar-refractivity contribution < 1.29 is 24.2 Å². The minimum Gasteiger partial charge on any atom is -0.480 e. The van der Waals surface area contributed by atoms with Crippen LogP contribution in [0.25, 0.3) is 11.1 Å². The Morgan fingerprint density at radius 2 is 1.57 bits per heavy atom. The molecule has 1 aliphatic rings. The number of pyridine rings is 1. The van der Waals surface area contributed by atoms with Gasteiger partial charge >= 0.3 is 12.1 Å². The molecular formula is C33H32N4O5. The third kappa shape index (κ3) is 6.82. The van der Waals surface area contributed by atoms with E-state index in [0.717, 1.165) is 27.8 Å². The number of carboxylic acid groups (broad SMARTS) is 1. The number of carbonyl (C=O) groups excluding carboxylic acids is 2. The Hall–Kier alpha value is -5.02. The summed E-state index contributed by atoms with van der Waals surface area (Å²) in [6, 6.07) is 27.8. The van der Waals surface area contributed by atoms with Gasteiger partial charge in [0.1, 0.15) is 12.6 Å². The van der Waals surface area contributed by atoms with Gasteiger partial charge in [-0.2, -0.15) is 0 Å². The summed E-state index contributed by atoms with van der Waals surface area (Å²) in [7, 11) is 1.80. The summed E-state index contributed by atoms with van der Waals surface area (Å²) in [5.41, 5.74) is 6.26. The lowest BCUT2D eigenvalue weighted by Gasteiger charge is -2.22. The summed E-state index contributed by atoms with van der Waals surface area (Å²) in [5, 5.41) is 15.0. The zero-order chi connectivity index (χ0) is 29.5. The van der Waals surface area contributed by atoms with E-state index < -0.39 is 24.0 Å². The molecule has 9 heteroatoms. The topological polar surface area (TPSA) is 121 Å². The van der Waals surface area contributed by atoms with Crippen LogP contribution in [0.4, 0.5) is 4.79 Å². The number of rotatable bonds is 11. The molecule has 1 atom stereocenters. The Balaban J connectivity index is 1.14. The molecule has 0 fully saturated rings. The van der Waals surface area contributed by atoms with E-state index in [9.17, 15) is 19.5 Å². The maximum Gasteiger partial charge on any atom is 0.407 e. The van der Waals surface area contributed by atoms with Crippen LogP contribution in [0.15, 0.2) is 97.2 Å². The highest BCUT2D eigenvalue weighted by atomic mass is 16.5. The first-order chi connectivity index (χ1) is 20.4. The smallest absolute Gasteiger partial charge is 0.407 e. The fourth-order valence-electron chi connectivity index (χ4n) is 5.23. The quantitative estimate of drug-likeness (QED) is 0.246. The Kier molecular flexibility index (Phi) is 8.89. The van der Waals surface area contributed by atoms with E-state index in [1.807, 2.05) is 59.5 Å². The zero-order valence-corrected chi connectivity index (χ0v) is 23.2. The largest absolute Gasteiger partial charge is 0.480 e. The zero-order valence-electron chi connectivity index (χ0n) is 23.2. The molecule has 0 aliphatic heterocycles. The molecule has 9 nitrogen and oxygen atoms in total. The van der Waals surface area contributed by atoms with E-state index in [1.54, 1.807) is 7.05 Å². The van der Waals surface area contributed by atoms with Gasteiger partial charge in [-0.3, -0.25) is 14.7 Å². The fourth-order valence-corrected chi connectivity index (χ4v) is 5.23. The molecule has 5 rings (SSSR count). The van der Waals surface area contributed by atoms with E-state index in [4.69, 9.17) is 4.74 Å². The molecule has 0 radical (unpaired) electrons. The molecule has 0 spiro atoms. The second-order valence-electron chi connectivity index (χ2n) is 10.3. The van der Waals surface area contributed by atoms with Crippen molar-refractivity contribution in [2.24, 2.45) is 0 Å². The van der Waals surface area contributed by atoms with Gasteiger partial charge in [-0.25, -0.2) is 9.59 Å². The lowest BCUT2D eigenvalue weighted by atomic mass is 9.98. The summed E-state index contributed by atoms with van der Waals surface area (Å²) in [6.45, 7) is 0.893. The molecule has 2 amide bonds. The highest BCUT2D eigenvalue weighted by Crippen LogP contribution is 2.44. The van der Waals surface area contributed by atoms with E-state index >= 15 is 0 Å². The number of amides is 2. The molecule has 214 valence electrons. The van der Waals surface area contributed by atoms with E-state index in [-0.39, 0.29) is 31.2 Å². The van der Waals surface area contributed by atoms with Crippen LogP contribution in [-0.4, -0.2) is 59.2 Å². The summed E-state index contributed by atoms with van der Waals surface area (Å²) < 4.78 is 5.57. The number of likely N-dealkylation sites (N-methyl/N-ethyl adjacent to an activating group) is 1. The van der Waals surface area contributed by atoms with Crippen LogP contribution in [0.1, 0.15) is 38.7 Å². The fraction of sp³-hybridized carbons (Fsp3) is 0.212. The molecule has 1 aliphatic carbocycles. The molecule has 1 aromatic heterocycles. The number of alkyl carbamates (subject to hydrolysis) is 1. The van der Waals surface area contributed by atoms with Gasteiger partial charge in [0.25, 0.3) is 5.91 Å². The van der Waals surface area contributed by atoms with Gasteiger partial charge in [0.2, 0.25) is 0 Å². The lowest BCUT2D eigenvalue weighted by Crippen LogP contribution is -2.47. The van der Waals surface area contributed by atoms with Crippen molar-refractivity contribution in [3.05, 3.63) is 125 Å². The van der Waals surface area contributed by atoms with E-state index in [2.05, 4.69) is 39.9 Å². The highest BCUT2D eigenvalue weighted by molar-refractivity contribution is 5.96. The molecule has 4 aromatic rings. The first-order valence-corrected chi connectivity index (χ1v) is 13.7. The SMILES string of the molecule is CN(Cc1ccccc1)CC(NC(=O)c1ccnc(CNC(=O)OCC2c3ccccc3-c3ccccc32)c1)C(=O)O. The number of hydrogen-bond acceptors (Lipinski definition) is 6. The molecule has 3 N–H and O–H groups in total. The number of hydrogen-bond donors (Lipinski definition) is 3. The molecule has 3 aromatic carbocycles. The van der Waals surface area contributed by atoms with Crippen molar-refractivity contribution in [1.82, 2.24) is 20.5 Å². The number of nitrogens with one attached hydrogen (secondary N) is 2. The second kappa shape index (κ2) is 13.1. The number of aromatic nitrogens is 1. The van der Waals surface area contributed by atoms with Crippen LogP contribution >= 0.6 is 0 Å². The molecule has 1 heterocycles. The van der Waals surface area contributed by atoms with Gasteiger partial charge in [-0.1, -0.05) is 78.9 Å².